The van der Waals surface area contributed by atoms with E-state index in [0.29, 0.717) is 10.6 Å². The number of H-pyrrole nitrogens is 1. The standard InChI is InChI=1S/C14H15ClN4O/c15-11-3-1-10(2-4-11)13-12(9-17-18-13)14(20)19-7-5-16-6-8-19/h1-4,9,16H,5-8H2,(H,17,18). The highest BCUT2D eigenvalue weighted by Crippen LogP contribution is 2.24. The van der Waals surface area contributed by atoms with Crippen molar-refractivity contribution in [1.29, 1.82) is 0 Å². The predicted molar refractivity (Wildman–Crippen MR) is 77.8 cm³/mol. The lowest BCUT2D eigenvalue weighted by Gasteiger charge is -2.27. The van der Waals surface area contributed by atoms with Crippen LogP contribution < -0.4 is 5.32 Å². The number of piperazine rings is 1. The molecule has 1 amide bonds. The number of nitrogens with zero attached hydrogens (tertiary/aromatic N) is 2. The average molecular weight is 291 g/mol. The van der Waals surface area contributed by atoms with Crippen LogP contribution in [0, 0.1) is 0 Å². The zero-order valence-electron chi connectivity index (χ0n) is 10.9. The number of carbonyl (C=O) groups excluding carboxylic acids is 1. The number of hydrogen-bond donors (Lipinski definition) is 2. The molecule has 0 atom stereocenters. The number of aromatic nitrogens is 2. The van der Waals surface area contributed by atoms with E-state index in [0.717, 1.165) is 37.4 Å². The fourth-order valence-electron chi connectivity index (χ4n) is 2.32. The van der Waals surface area contributed by atoms with Crippen LogP contribution in [-0.2, 0) is 0 Å². The maximum atomic E-state index is 12.5. The lowest BCUT2D eigenvalue weighted by molar-refractivity contribution is 0.0736. The Morgan fingerprint density at radius 2 is 1.90 bits per heavy atom. The summed E-state index contributed by atoms with van der Waals surface area (Å²) in [5, 5.41) is 10.8. The summed E-state index contributed by atoms with van der Waals surface area (Å²) >= 11 is 5.89. The minimum Gasteiger partial charge on any atom is -0.336 e. The highest BCUT2D eigenvalue weighted by atomic mass is 35.5. The second-order valence-electron chi connectivity index (χ2n) is 4.71. The largest absolute Gasteiger partial charge is 0.336 e. The van der Waals surface area contributed by atoms with E-state index in [1.807, 2.05) is 17.0 Å². The molecule has 1 aromatic heterocycles. The van der Waals surface area contributed by atoms with Crippen LogP contribution in [0.1, 0.15) is 10.4 Å². The van der Waals surface area contributed by atoms with Crippen molar-refractivity contribution >= 4 is 17.5 Å². The normalized spacial score (nSPS) is 15.3. The third-order valence-electron chi connectivity index (χ3n) is 3.41. The van der Waals surface area contributed by atoms with Gasteiger partial charge in [0.2, 0.25) is 0 Å². The molecule has 1 aliphatic heterocycles. The Morgan fingerprint density at radius 1 is 1.20 bits per heavy atom. The molecule has 2 heterocycles. The van der Waals surface area contributed by atoms with Crippen LogP contribution in [0.5, 0.6) is 0 Å². The first kappa shape index (κ1) is 13.1. The predicted octanol–water partition coefficient (Wildman–Crippen LogP) is 1.78. The molecule has 6 heteroatoms. The number of halogens is 1. The van der Waals surface area contributed by atoms with E-state index in [4.69, 9.17) is 11.6 Å². The maximum absolute atomic E-state index is 12.5. The molecule has 0 saturated carbocycles. The molecule has 0 unspecified atom stereocenters. The van der Waals surface area contributed by atoms with Crippen LogP contribution in [0.15, 0.2) is 30.5 Å². The van der Waals surface area contributed by atoms with Crippen molar-refractivity contribution in [1.82, 2.24) is 20.4 Å². The fourth-order valence-corrected chi connectivity index (χ4v) is 2.45. The molecule has 1 aromatic carbocycles. The van der Waals surface area contributed by atoms with Crippen LogP contribution in [0.3, 0.4) is 0 Å². The molecule has 2 N–H and O–H groups in total. The van der Waals surface area contributed by atoms with Crippen LogP contribution >= 0.6 is 11.6 Å². The molecule has 1 aliphatic rings. The molecule has 1 fully saturated rings. The maximum Gasteiger partial charge on any atom is 0.257 e. The Labute approximate surface area is 121 Å². The van der Waals surface area contributed by atoms with Gasteiger partial charge in [0, 0.05) is 36.8 Å². The summed E-state index contributed by atoms with van der Waals surface area (Å²) in [6, 6.07) is 7.36. The topological polar surface area (TPSA) is 61.0 Å². The zero-order valence-corrected chi connectivity index (χ0v) is 11.7. The van der Waals surface area contributed by atoms with E-state index >= 15 is 0 Å². The Morgan fingerprint density at radius 3 is 2.60 bits per heavy atom. The first-order valence-corrected chi connectivity index (χ1v) is 6.93. The van der Waals surface area contributed by atoms with Crippen LogP contribution in [0.25, 0.3) is 11.3 Å². The molecule has 0 spiro atoms. The van der Waals surface area contributed by atoms with E-state index in [9.17, 15) is 4.79 Å². The fraction of sp³-hybridized carbons (Fsp3) is 0.286. The van der Waals surface area contributed by atoms with E-state index in [2.05, 4.69) is 15.5 Å². The van der Waals surface area contributed by atoms with Gasteiger partial charge in [0.25, 0.3) is 5.91 Å². The molecular weight excluding hydrogens is 276 g/mol. The third-order valence-corrected chi connectivity index (χ3v) is 3.66. The molecule has 3 rings (SSSR count). The lowest BCUT2D eigenvalue weighted by Crippen LogP contribution is -2.46. The van der Waals surface area contributed by atoms with E-state index < -0.39 is 0 Å². The highest BCUT2D eigenvalue weighted by molar-refractivity contribution is 6.30. The zero-order chi connectivity index (χ0) is 13.9. The van der Waals surface area contributed by atoms with Crippen molar-refractivity contribution in [2.24, 2.45) is 0 Å². The number of amides is 1. The summed E-state index contributed by atoms with van der Waals surface area (Å²) < 4.78 is 0. The Balaban J connectivity index is 1.89. The molecule has 5 nitrogen and oxygen atoms in total. The number of carbonyl (C=O) groups is 1. The monoisotopic (exact) mass is 290 g/mol. The van der Waals surface area contributed by atoms with Crippen LogP contribution in [0.2, 0.25) is 5.02 Å². The Bertz CT molecular complexity index is 602. The summed E-state index contributed by atoms with van der Waals surface area (Å²) in [4.78, 5) is 14.4. The van der Waals surface area contributed by atoms with Gasteiger partial charge in [-0.25, -0.2) is 0 Å². The molecule has 0 bridgehead atoms. The molecule has 2 aromatic rings. The van der Waals surface area contributed by atoms with Gasteiger partial charge in [0.1, 0.15) is 0 Å². The number of aromatic amines is 1. The summed E-state index contributed by atoms with van der Waals surface area (Å²) in [5.41, 5.74) is 2.25. The van der Waals surface area contributed by atoms with Gasteiger partial charge < -0.3 is 10.2 Å². The summed E-state index contributed by atoms with van der Waals surface area (Å²) in [6.45, 7) is 3.12. The van der Waals surface area contributed by atoms with Gasteiger partial charge in [-0.2, -0.15) is 5.10 Å². The SMILES string of the molecule is O=C(c1cn[nH]c1-c1ccc(Cl)cc1)N1CCNCC1. The van der Waals surface area contributed by atoms with Crippen molar-refractivity contribution in [2.75, 3.05) is 26.2 Å². The number of nitrogens with one attached hydrogen (secondary N) is 2. The molecule has 20 heavy (non-hydrogen) atoms. The van der Waals surface area contributed by atoms with Gasteiger partial charge in [-0.3, -0.25) is 9.89 Å². The van der Waals surface area contributed by atoms with Gasteiger partial charge in [-0.15, -0.1) is 0 Å². The summed E-state index contributed by atoms with van der Waals surface area (Å²) in [6.07, 6.45) is 1.59. The molecule has 1 saturated heterocycles. The van der Waals surface area contributed by atoms with Crippen molar-refractivity contribution < 1.29 is 4.79 Å². The van der Waals surface area contributed by atoms with E-state index in [1.54, 1.807) is 18.3 Å². The minimum atomic E-state index is 0.0187. The van der Waals surface area contributed by atoms with Gasteiger partial charge in [0.15, 0.2) is 0 Å². The number of rotatable bonds is 2. The van der Waals surface area contributed by atoms with Crippen molar-refractivity contribution in [3.63, 3.8) is 0 Å². The van der Waals surface area contributed by atoms with Gasteiger partial charge >= 0.3 is 0 Å². The highest BCUT2D eigenvalue weighted by Gasteiger charge is 2.22. The van der Waals surface area contributed by atoms with Gasteiger partial charge in [0.05, 0.1) is 17.5 Å². The number of benzene rings is 1. The van der Waals surface area contributed by atoms with Crippen molar-refractivity contribution in [3.8, 4) is 11.3 Å². The van der Waals surface area contributed by atoms with Gasteiger partial charge in [-0.1, -0.05) is 23.7 Å². The second kappa shape index (κ2) is 5.64. The lowest BCUT2D eigenvalue weighted by atomic mass is 10.1. The first-order valence-electron chi connectivity index (χ1n) is 6.55. The minimum absolute atomic E-state index is 0.0187. The third kappa shape index (κ3) is 2.55. The second-order valence-corrected chi connectivity index (χ2v) is 5.14. The summed E-state index contributed by atoms with van der Waals surface area (Å²) in [7, 11) is 0. The van der Waals surface area contributed by atoms with Crippen molar-refractivity contribution in [3.05, 3.63) is 41.0 Å². The quantitative estimate of drug-likeness (QED) is 0.886. The van der Waals surface area contributed by atoms with Gasteiger partial charge in [-0.05, 0) is 12.1 Å². The van der Waals surface area contributed by atoms with Crippen LogP contribution in [0.4, 0.5) is 0 Å². The molecule has 104 valence electrons. The molecule has 0 aliphatic carbocycles. The van der Waals surface area contributed by atoms with Crippen LogP contribution in [-0.4, -0.2) is 47.2 Å². The molecular formula is C14H15ClN4O. The Kier molecular flexibility index (Phi) is 3.71. The summed E-state index contributed by atoms with van der Waals surface area (Å²) in [5.74, 6) is 0.0187. The molecule has 0 radical (unpaired) electrons. The van der Waals surface area contributed by atoms with Crippen molar-refractivity contribution in [2.45, 2.75) is 0 Å². The average Bonchev–Trinajstić information content (AvgIpc) is 2.97. The number of hydrogen-bond acceptors (Lipinski definition) is 3. The Hall–Kier alpha value is -1.85. The first-order chi connectivity index (χ1) is 9.75. The van der Waals surface area contributed by atoms with E-state index in [1.165, 1.54) is 0 Å². The van der Waals surface area contributed by atoms with E-state index in [-0.39, 0.29) is 5.91 Å². The smallest absolute Gasteiger partial charge is 0.257 e.